The number of carbonyl (C=O) groups is 3. The van der Waals surface area contributed by atoms with Gasteiger partial charge in [0.25, 0.3) is 5.91 Å². The third-order valence-electron chi connectivity index (χ3n) is 5.26. The van der Waals surface area contributed by atoms with Crippen molar-refractivity contribution in [1.82, 2.24) is 15.5 Å². The Hall–Kier alpha value is -2.77. The Morgan fingerprint density at radius 2 is 1.89 bits per heavy atom. The van der Waals surface area contributed by atoms with Crippen LogP contribution < -0.4 is 20.1 Å². The fraction of sp³-hybridized carbons (Fsp3) is 0.526. The van der Waals surface area contributed by atoms with Gasteiger partial charge in [0.05, 0.1) is 14.2 Å². The van der Waals surface area contributed by atoms with E-state index in [1.165, 1.54) is 14.2 Å². The number of benzene rings is 1. The molecule has 0 radical (unpaired) electrons. The molecule has 2 N–H and O–H groups in total. The molecule has 146 valence electrons. The first-order valence-corrected chi connectivity index (χ1v) is 9.05. The first-order valence-electron chi connectivity index (χ1n) is 9.05. The average molecular weight is 375 g/mol. The Kier molecular flexibility index (Phi) is 5.25. The highest BCUT2D eigenvalue weighted by Crippen LogP contribution is 2.35. The number of nitrogens with zero attached hydrogens (tertiary/aromatic N) is 1. The van der Waals surface area contributed by atoms with Crippen LogP contribution in [0.15, 0.2) is 18.2 Å². The van der Waals surface area contributed by atoms with E-state index in [0.29, 0.717) is 17.1 Å². The van der Waals surface area contributed by atoms with Gasteiger partial charge in [-0.3, -0.25) is 14.5 Å². The first kappa shape index (κ1) is 19.0. The van der Waals surface area contributed by atoms with E-state index < -0.39 is 17.5 Å². The predicted molar refractivity (Wildman–Crippen MR) is 97.5 cm³/mol. The topological polar surface area (TPSA) is 97.0 Å². The first-order chi connectivity index (χ1) is 12.9. The van der Waals surface area contributed by atoms with Gasteiger partial charge in [-0.25, -0.2) is 4.79 Å². The molecule has 1 heterocycles. The molecule has 4 amide bonds. The second kappa shape index (κ2) is 7.46. The van der Waals surface area contributed by atoms with Crippen LogP contribution in [0.4, 0.5) is 4.79 Å². The number of urea groups is 1. The Morgan fingerprint density at radius 1 is 1.22 bits per heavy atom. The molecule has 0 spiro atoms. The van der Waals surface area contributed by atoms with E-state index in [2.05, 4.69) is 10.6 Å². The summed E-state index contributed by atoms with van der Waals surface area (Å²) >= 11 is 0. The lowest BCUT2D eigenvalue weighted by atomic mass is 9.91. The molecule has 27 heavy (non-hydrogen) atoms. The van der Waals surface area contributed by atoms with Crippen LogP contribution in [-0.4, -0.2) is 49.6 Å². The molecule has 1 unspecified atom stereocenters. The summed E-state index contributed by atoms with van der Waals surface area (Å²) in [5.74, 6) is 0.188. The summed E-state index contributed by atoms with van der Waals surface area (Å²) < 4.78 is 10.5. The molecule has 1 aromatic rings. The summed E-state index contributed by atoms with van der Waals surface area (Å²) in [5, 5.41) is 5.59. The van der Waals surface area contributed by atoms with Crippen molar-refractivity contribution in [3.05, 3.63) is 23.8 Å². The largest absolute Gasteiger partial charge is 0.493 e. The van der Waals surface area contributed by atoms with E-state index in [9.17, 15) is 14.4 Å². The third kappa shape index (κ3) is 3.56. The van der Waals surface area contributed by atoms with E-state index in [0.717, 1.165) is 30.6 Å². The van der Waals surface area contributed by atoms with Crippen molar-refractivity contribution in [2.75, 3.05) is 20.8 Å². The summed E-state index contributed by atoms with van der Waals surface area (Å²) in [7, 11) is 3.02. The fourth-order valence-corrected chi connectivity index (χ4v) is 3.67. The molecular formula is C19H25N3O5. The van der Waals surface area contributed by atoms with Gasteiger partial charge in [0.1, 0.15) is 12.1 Å². The number of amides is 4. The third-order valence-corrected chi connectivity index (χ3v) is 5.26. The standard InChI is InChI=1S/C19H25N3O5/c1-19(12-8-9-14(26-2)15(10-12)27-3)17(24)22(18(25)21-19)11-16(23)20-13-6-4-5-7-13/h8-10,13H,4-7,11H2,1-3H3,(H,20,23)(H,21,25). The van der Waals surface area contributed by atoms with Crippen molar-refractivity contribution in [3.8, 4) is 11.5 Å². The van der Waals surface area contributed by atoms with Crippen molar-refractivity contribution >= 4 is 17.8 Å². The van der Waals surface area contributed by atoms with Crippen molar-refractivity contribution in [3.63, 3.8) is 0 Å². The second-order valence-corrected chi connectivity index (χ2v) is 7.07. The number of hydrogen-bond donors (Lipinski definition) is 2. The summed E-state index contributed by atoms with van der Waals surface area (Å²) in [6.07, 6.45) is 4.06. The lowest BCUT2D eigenvalue weighted by molar-refractivity contribution is -0.135. The van der Waals surface area contributed by atoms with Crippen LogP contribution in [0.3, 0.4) is 0 Å². The number of methoxy groups -OCH3 is 2. The molecule has 1 aliphatic carbocycles. The van der Waals surface area contributed by atoms with Gasteiger partial charge in [-0.2, -0.15) is 0 Å². The SMILES string of the molecule is COc1ccc(C2(C)NC(=O)N(CC(=O)NC3CCCC3)C2=O)cc1OC. The monoisotopic (exact) mass is 375 g/mol. The van der Waals surface area contributed by atoms with Gasteiger partial charge in [0, 0.05) is 6.04 Å². The molecule has 2 fully saturated rings. The molecule has 1 aromatic carbocycles. The van der Waals surface area contributed by atoms with Gasteiger partial charge in [-0.05, 0) is 37.5 Å². The minimum Gasteiger partial charge on any atom is -0.493 e. The van der Waals surface area contributed by atoms with Crippen molar-refractivity contribution in [2.24, 2.45) is 0 Å². The fourth-order valence-electron chi connectivity index (χ4n) is 3.67. The Bertz CT molecular complexity index is 760. The van der Waals surface area contributed by atoms with Crippen LogP contribution >= 0.6 is 0 Å². The van der Waals surface area contributed by atoms with E-state index in [1.807, 2.05) is 0 Å². The Morgan fingerprint density at radius 3 is 2.52 bits per heavy atom. The highest BCUT2D eigenvalue weighted by atomic mass is 16.5. The lowest BCUT2D eigenvalue weighted by Gasteiger charge is -2.23. The Labute approximate surface area is 158 Å². The molecule has 1 atom stereocenters. The van der Waals surface area contributed by atoms with Gasteiger partial charge >= 0.3 is 6.03 Å². The van der Waals surface area contributed by atoms with E-state index in [1.54, 1.807) is 25.1 Å². The molecule has 8 nitrogen and oxygen atoms in total. The van der Waals surface area contributed by atoms with Crippen LogP contribution in [0.1, 0.15) is 38.2 Å². The highest BCUT2D eigenvalue weighted by molar-refractivity contribution is 6.09. The minimum absolute atomic E-state index is 0.135. The van der Waals surface area contributed by atoms with Crippen molar-refractivity contribution in [1.29, 1.82) is 0 Å². The molecule has 1 saturated carbocycles. The number of nitrogens with one attached hydrogen (secondary N) is 2. The minimum atomic E-state index is -1.27. The lowest BCUT2D eigenvalue weighted by Crippen LogP contribution is -2.45. The van der Waals surface area contributed by atoms with Gasteiger partial charge in [-0.15, -0.1) is 0 Å². The quantitative estimate of drug-likeness (QED) is 0.735. The van der Waals surface area contributed by atoms with Crippen LogP contribution in [0, 0.1) is 0 Å². The molecule has 3 rings (SSSR count). The zero-order valence-corrected chi connectivity index (χ0v) is 15.8. The van der Waals surface area contributed by atoms with Gasteiger partial charge in [0.2, 0.25) is 5.91 Å². The van der Waals surface area contributed by atoms with E-state index in [4.69, 9.17) is 9.47 Å². The maximum atomic E-state index is 13.0. The number of imide groups is 1. The number of carbonyl (C=O) groups excluding carboxylic acids is 3. The molecule has 2 aliphatic rings. The molecule has 0 bridgehead atoms. The molecule has 1 saturated heterocycles. The second-order valence-electron chi connectivity index (χ2n) is 7.07. The van der Waals surface area contributed by atoms with Crippen LogP contribution in [0.5, 0.6) is 11.5 Å². The number of hydrogen-bond acceptors (Lipinski definition) is 5. The average Bonchev–Trinajstić information content (AvgIpc) is 3.24. The van der Waals surface area contributed by atoms with Gasteiger partial charge < -0.3 is 20.1 Å². The molecular weight excluding hydrogens is 350 g/mol. The van der Waals surface area contributed by atoms with E-state index in [-0.39, 0.29) is 18.5 Å². The molecule has 0 aromatic heterocycles. The van der Waals surface area contributed by atoms with Crippen LogP contribution in [0.2, 0.25) is 0 Å². The summed E-state index contributed by atoms with van der Waals surface area (Å²) in [6, 6.07) is 4.57. The predicted octanol–water partition coefficient (Wildman–Crippen LogP) is 1.53. The number of rotatable bonds is 6. The summed E-state index contributed by atoms with van der Waals surface area (Å²) in [4.78, 5) is 38.6. The summed E-state index contributed by atoms with van der Waals surface area (Å²) in [6.45, 7) is 1.33. The zero-order chi connectivity index (χ0) is 19.6. The van der Waals surface area contributed by atoms with Crippen LogP contribution in [-0.2, 0) is 15.1 Å². The molecule has 8 heteroatoms. The van der Waals surface area contributed by atoms with Crippen LogP contribution in [0.25, 0.3) is 0 Å². The van der Waals surface area contributed by atoms with Crippen molar-refractivity contribution < 1.29 is 23.9 Å². The van der Waals surface area contributed by atoms with Gasteiger partial charge in [-0.1, -0.05) is 18.9 Å². The Balaban J connectivity index is 1.76. The normalized spacial score (nSPS) is 22.7. The number of ether oxygens (including phenoxy) is 2. The van der Waals surface area contributed by atoms with E-state index >= 15 is 0 Å². The maximum Gasteiger partial charge on any atom is 0.325 e. The highest BCUT2D eigenvalue weighted by Gasteiger charge is 2.49. The summed E-state index contributed by atoms with van der Waals surface area (Å²) in [5.41, 5.74) is -0.721. The van der Waals surface area contributed by atoms with Gasteiger partial charge in [0.15, 0.2) is 11.5 Å². The van der Waals surface area contributed by atoms with Crippen molar-refractivity contribution in [2.45, 2.75) is 44.2 Å². The zero-order valence-electron chi connectivity index (χ0n) is 15.8. The maximum absolute atomic E-state index is 13.0. The smallest absolute Gasteiger partial charge is 0.325 e. The molecule has 1 aliphatic heterocycles.